The maximum absolute atomic E-state index is 12.1. The first kappa shape index (κ1) is 17.9. The Hall–Kier alpha value is -1.15. The highest BCUT2D eigenvalue weighted by Gasteiger charge is 2.16. The molecule has 0 spiro atoms. The molecule has 120 valence electrons. The smallest absolute Gasteiger partial charge is 0.240 e. The zero-order valence-electron chi connectivity index (χ0n) is 12.5. The van der Waals surface area contributed by atoms with E-state index in [1.165, 1.54) is 12.1 Å². The summed E-state index contributed by atoms with van der Waals surface area (Å²) in [6, 6.07) is 4.46. The third kappa shape index (κ3) is 5.62. The van der Waals surface area contributed by atoms with Gasteiger partial charge in [0.1, 0.15) is 5.75 Å². The van der Waals surface area contributed by atoms with Crippen LogP contribution in [0.2, 0.25) is 0 Å². The van der Waals surface area contributed by atoms with E-state index in [0.29, 0.717) is 31.1 Å². The molecule has 1 aromatic carbocycles. The van der Waals surface area contributed by atoms with Gasteiger partial charge in [0.25, 0.3) is 0 Å². The van der Waals surface area contributed by atoms with E-state index in [0.717, 1.165) is 6.42 Å². The topological polar surface area (TPSA) is 84.9 Å². The molecule has 0 atom stereocenters. The molecule has 6 nitrogen and oxygen atoms in total. The third-order valence-corrected chi connectivity index (χ3v) is 4.18. The number of benzene rings is 1. The lowest BCUT2D eigenvalue weighted by Crippen LogP contribution is -2.27. The van der Waals surface area contributed by atoms with Crippen LogP contribution in [0.4, 0.5) is 0 Å². The fourth-order valence-corrected chi connectivity index (χ4v) is 2.74. The predicted molar refractivity (Wildman–Crippen MR) is 79.8 cm³/mol. The number of nitrogens with one attached hydrogen (secondary N) is 1. The van der Waals surface area contributed by atoms with Crippen molar-refractivity contribution in [2.45, 2.75) is 31.8 Å². The van der Waals surface area contributed by atoms with Gasteiger partial charge in [-0.1, -0.05) is 6.92 Å². The summed E-state index contributed by atoms with van der Waals surface area (Å²) in [7, 11) is -3.61. The Balaban J connectivity index is 2.82. The third-order valence-electron chi connectivity index (χ3n) is 2.72. The normalized spacial score (nSPS) is 11.6. The molecule has 0 unspecified atom stereocenters. The van der Waals surface area contributed by atoms with Gasteiger partial charge in [-0.25, -0.2) is 13.1 Å². The van der Waals surface area contributed by atoms with Gasteiger partial charge >= 0.3 is 0 Å². The summed E-state index contributed by atoms with van der Waals surface area (Å²) in [5.41, 5.74) is 0.455. The quantitative estimate of drug-likeness (QED) is 0.635. The number of hydrogen-bond donors (Lipinski definition) is 2. The fourth-order valence-electron chi connectivity index (χ4n) is 1.68. The van der Waals surface area contributed by atoms with Gasteiger partial charge in [-0.05, 0) is 31.5 Å². The summed E-state index contributed by atoms with van der Waals surface area (Å²) in [6.07, 6.45) is 0.837. The summed E-state index contributed by atoms with van der Waals surface area (Å²) in [5.74, 6) is 0.507. The minimum atomic E-state index is -3.61. The Labute approximate surface area is 126 Å². The van der Waals surface area contributed by atoms with Crippen LogP contribution >= 0.6 is 0 Å². The number of aliphatic hydroxyl groups is 1. The number of sulfonamides is 1. The van der Waals surface area contributed by atoms with Crippen molar-refractivity contribution in [2.75, 3.05) is 26.4 Å². The molecule has 2 N–H and O–H groups in total. The van der Waals surface area contributed by atoms with Crippen LogP contribution in [0.3, 0.4) is 0 Å². The van der Waals surface area contributed by atoms with Crippen molar-refractivity contribution in [1.82, 2.24) is 4.72 Å². The van der Waals surface area contributed by atoms with E-state index in [4.69, 9.17) is 9.47 Å². The van der Waals surface area contributed by atoms with Gasteiger partial charge < -0.3 is 14.6 Å². The Morgan fingerprint density at radius 3 is 2.62 bits per heavy atom. The summed E-state index contributed by atoms with van der Waals surface area (Å²) >= 11 is 0. The van der Waals surface area contributed by atoms with Crippen LogP contribution in [0.5, 0.6) is 5.75 Å². The summed E-state index contributed by atoms with van der Waals surface area (Å²) < 4.78 is 37.2. The molecule has 0 heterocycles. The Bertz CT molecular complexity index is 530. The zero-order valence-corrected chi connectivity index (χ0v) is 13.3. The molecule has 1 aromatic rings. The van der Waals surface area contributed by atoms with E-state index < -0.39 is 10.0 Å². The lowest BCUT2D eigenvalue weighted by molar-refractivity contribution is 0.153. The zero-order chi connectivity index (χ0) is 15.7. The molecule has 0 fully saturated rings. The highest BCUT2D eigenvalue weighted by Crippen LogP contribution is 2.23. The van der Waals surface area contributed by atoms with Crippen LogP contribution in [-0.4, -0.2) is 39.9 Å². The predicted octanol–water partition coefficient (Wildman–Crippen LogP) is 1.28. The molecule has 0 aromatic heterocycles. The summed E-state index contributed by atoms with van der Waals surface area (Å²) in [5, 5.41) is 9.34. The molecule has 0 aliphatic heterocycles. The molecule has 0 saturated carbocycles. The number of aliphatic hydroxyl groups excluding tert-OH is 1. The van der Waals surface area contributed by atoms with Crippen molar-refractivity contribution >= 4 is 10.0 Å². The van der Waals surface area contributed by atoms with Crippen LogP contribution in [0, 0.1) is 0 Å². The minimum Gasteiger partial charge on any atom is -0.493 e. The number of hydrogen-bond acceptors (Lipinski definition) is 5. The minimum absolute atomic E-state index is 0.104. The first-order chi connectivity index (χ1) is 10.0. The van der Waals surface area contributed by atoms with E-state index in [1.807, 2.05) is 13.8 Å². The van der Waals surface area contributed by atoms with Crippen LogP contribution in [0.15, 0.2) is 23.1 Å². The molecule has 7 heteroatoms. The second kappa shape index (κ2) is 8.99. The molecule has 0 aliphatic rings. The highest BCUT2D eigenvalue weighted by molar-refractivity contribution is 7.89. The van der Waals surface area contributed by atoms with Crippen molar-refractivity contribution in [3.63, 3.8) is 0 Å². The molecule has 0 amide bonds. The lowest BCUT2D eigenvalue weighted by Gasteiger charge is -2.12. The van der Waals surface area contributed by atoms with Gasteiger partial charge in [0.15, 0.2) is 0 Å². The average Bonchev–Trinajstić information content (AvgIpc) is 2.49. The van der Waals surface area contributed by atoms with Crippen molar-refractivity contribution in [3.8, 4) is 5.75 Å². The van der Waals surface area contributed by atoms with Gasteiger partial charge in [-0.3, -0.25) is 0 Å². The van der Waals surface area contributed by atoms with Gasteiger partial charge in [-0.2, -0.15) is 0 Å². The standard InChI is InChI=1S/C14H23NO5S/c1-3-8-20-14-6-5-13(10-12(14)11-16)21(17,18)15-7-9-19-4-2/h5-6,10,15-16H,3-4,7-9,11H2,1-2H3. The lowest BCUT2D eigenvalue weighted by atomic mass is 10.2. The van der Waals surface area contributed by atoms with Gasteiger partial charge in [0.2, 0.25) is 10.0 Å². The summed E-state index contributed by atoms with van der Waals surface area (Å²) in [4.78, 5) is 0.104. The van der Waals surface area contributed by atoms with Crippen molar-refractivity contribution in [3.05, 3.63) is 23.8 Å². The Morgan fingerprint density at radius 1 is 1.24 bits per heavy atom. The van der Waals surface area contributed by atoms with E-state index in [9.17, 15) is 13.5 Å². The molecular formula is C14H23NO5S. The van der Waals surface area contributed by atoms with Crippen LogP contribution in [0.1, 0.15) is 25.8 Å². The van der Waals surface area contributed by atoms with Gasteiger partial charge in [0, 0.05) is 18.7 Å². The SMILES string of the molecule is CCCOc1ccc(S(=O)(=O)NCCOCC)cc1CO. The first-order valence-electron chi connectivity index (χ1n) is 6.99. The molecular weight excluding hydrogens is 294 g/mol. The van der Waals surface area contributed by atoms with Crippen LogP contribution in [0.25, 0.3) is 0 Å². The van der Waals surface area contributed by atoms with Crippen molar-refractivity contribution in [1.29, 1.82) is 0 Å². The number of rotatable bonds is 10. The van der Waals surface area contributed by atoms with Crippen LogP contribution < -0.4 is 9.46 Å². The van der Waals surface area contributed by atoms with Crippen molar-refractivity contribution in [2.24, 2.45) is 0 Å². The van der Waals surface area contributed by atoms with E-state index >= 15 is 0 Å². The molecule has 0 bridgehead atoms. The van der Waals surface area contributed by atoms with E-state index in [2.05, 4.69) is 4.72 Å². The Kier molecular flexibility index (Phi) is 7.66. The highest BCUT2D eigenvalue weighted by atomic mass is 32.2. The molecule has 0 aliphatic carbocycles. The van der Waals surface area contributed by atoms with Gasteiger partial charge in [-0.15, -0.1) is 0 Å². The first-order valence-corrected chi connectivity index (χ1v) is 8.47. The van der Waals surface area contributed by atoms with Gasteiger partial charge in [0.05, 0.1) is 24.7 Å². The monoisotopic (exact) mass is 317 g/mol. The van der Waals surface area contributed by atoms with E-state index in [1.54, 1.807) is 6.07 Å². The molecule has 0 radical (unpaired) electrons. The maximum Gasteiger partial charge on any atom is 0.240 e. The molecule has 0 saturated heterocycles. The Morgan fingerprint density at radius 2 is 2.00 bits per heavy atom. The van der Waals surface area contributed by atoms with Crippen molar-refractivity contribution < 1.29 is 23.0 Å². The molecule has 21 heavy (non-hydrogen) atoms. The molecule has 1 rings (SSSR count). The number of ether oxygens (including phenoxy) is 2. The average molecular weight is 317 g/mol. The van der Waals surface area contributed by atoms with Crippen LogP contribution in [-0.2, 0) is 21.4 Å². The second-order valence-electron chi connectivity index (χ2n) is 4.37. The van der Waals surface area contributed by atoms with E-state index in [-0.39, 0.29) is 18.0 Å². The fraction of sp³-hybridized carbons (Fsp3) is 0.571. The second-order valence-corrected chi connectivity index (χ2v) is 6.14. The maximum atomic E-state index is 12.1. The summed E-state index contributed by atoms with van der Waals surface area (Å²) in [6.45, 7) is 5.13. The largest absolute Gasteiger partial charge is 0.493 e.